The number of anilines is 1. The van der Waals surface area contributed by atoms with Crippen molar-refractivity contribution in [3.05, 3.63) is 48.0 Å². The highest BCUT2D eigenvalue weighted by atomic mass is 35.5. The van der Waals surface area contributed by atoms with Crippen molar-refractivity contribution in [3.63, 3.8) is 0 Å². The van der Waals surface area contributed by atoms with Gasteiger partial charge in [-0.25, -0.2) is 4.79 Å². The lowest BCUT2D eigenvalue weighted by Crippen LogP contribution is -2.18. The van der Waals surface area contributed by atoms with E-state index in [0.717, 1.165) is 47.2 Å². The number of carbonyl (C=O) groups is 1. The number of nitriles is 1. The second-order valence-electron chi connectivity index (χ2n) is 8.52. The highest BCUT2D eigenvalue weighted by Crippen LogP contribution is 2.43. The van der Waals surface area contributed by atoms with E-state index in [2.05, 4.69) is 16.0 Å². The Labute approximate surface area is 199 Å². The molecule has 1 amide bonds. The zero-order chi connectivity index (χ0) is 23.4. The Morgan fingerprint density at radius 2 is 2.00 bits per heavy atom. The minimum Gasteiger partial charge on any atom is -0.493 e. The maximum atomic E-state index is 11.9. The fraction of sp³-hybridized carbons (Fsp3) is 0.385. The molecule has 0 atom stereocenters. The fourth-order valence-corrected chi connectivity index (χ4v) is 4.23. The maximum Gasteiger partial charge on any atom is 0.411 e. The molecule has 6 nitrogen and oxygen atoms in total. The quantitative estimate of drug-likeness (QED) is 0.291. The number of aromatic nitrogens is 1. The molecule has 0 bridgehead atoms. The average Bonchev–Trinajstić information content (AvgIpc) is 3.06. The van der Waals surface area contributed by atoms with Crippen molar-refractivity contribution in [2.75, 3.05) is 17.8 Å². The van der Waals surface area contributed by atoms with E-state index >= 15 is 0 Å². The molecule has 1 aliphatic rings. The molecule has 7 heteroatoms. The predicted octanol–water partition coefficient (Wildman–Crippen LogP) is 6.87. The van der Waals surface area contributed by atoms with Gasteiger partial charge in [-0.05, 0) is 69.4 Å². The van der Waals surface area contributed by atoms with Gasteiger partial charge in [-0.3, -0.25) is 5.32 Å². The topological polar surface area (TPSA) is 76.3 Å². The number of hydrogen-bond donors (Lipinski definition) is 1. The number of hydrogen-bond acceptors (Lipinski definition) is 4. The molecule has 1 heterocycles. The largest absolute Gasteiger partial charge is 0.493 e. The summed E-state index contributed by atoms with van der Waals surface area (Å²) in [4.78, 5) is 11.9. The molecule has 4 rings (SSSR count). The molecule has 1 aliphatic carbocycles. The number of amides is 1. The molecule has 1 N–H and O–H groups in total. The predicted molar refractivity (Wildman–Crippen MR) is 131 cm³/mol. The van der Waals surface area contributed by atoms with Crippen molar-refractivity contribution >= 4 is 34.3 Å². The number of halogens is 1. The number of benzene rings is 2. The summed E-state index contributed by atoms with van der Waals surface area (Å²) in [6.45, 7) is 4.17. The zero-order valence-corrected chi connectivity index (χ0v) is 19.7. The highest BCUT2D eigenvalue weighted by Gasteiger charge is 2.28. The molecule has 0 unspecified atom stereocenters. The summed E-state index contributed by atoms with van der Waals surface area (Å²) in [5, 5.41) is 13.7. The number of nitrogens with one attached hydrogen (secondary N) is 1. The fourth-order valence-electron chi connectivity index (χ4n) is 4.12. The summed E-state index contributed by atoms with van der Waals surface area (Å²) in [5.41, 5.74) is 4.15. The molecule has 33 heavy (non-hydrogen) atoms. The van der Waals surface area contributed by atoms with Gasteiger partial charge >= 0.3 is 6.09 Å². The summed E-state index contributed by atoms with van der Waals surface area (Å²) in [6.07, 6.45) is 3.45. The SMILES string of the molecule is CC(C)OC(=O)Nc1ccc(-c2c(C#N)c3ccc(OCCCCl)cc3n2C2CCC2)cc1. The third kappa shape index (κ3) is 4.94. The van der Waals surface area contributed by atoms with Crippen LogP contribution in [0.5, 0.6) is 5.75 Å². The molecular formula is C26H28ClN3O3. The van der Waals surface area contributed by atoms with Crippen LogP contribution in [0.1, 0.15) is 51.1 Å². The molecule has 3 aromatic rings. The van der Waals surface area contributed by atoms with Crippen LogP contribution in [0.3, 0.4) is 0 Å². The van der Waals surface area contributed by atoms with Crippen molar-refractivity contribution in [1.82, 2.24) is 4.57 Å². The Morgan fingerprint density at radius 3 is 2.61 bits per heavy atom. The van der Waals surface area contributed by atoms with E-state index in [1.807, 2.05) is 42.5 Å². The van der Waals surface area contributed by atoms with Gasteiger partial charge in [-0.15, -0.1) is 11.6 Å². The molecule has 2 aromatic carbocycles. The smallest absolute Gasteiger partial charge is 0.411 e. The van der Waals surface area contributed by atoms with Crippen LogP contribution in [0.4, 0.5) is 10.5 Å². The molecule has 1 saturated carbocycles. The first-order valence-corrected chi connectivity index (χ1v) is 11.9. The minimum atomic E-state index is -0.485. The molecule has 0 spiro atoms. The van der Waals surface area contributed by atoms with E-state index < -0.39 is 6.09 Å². The van der Waals surface area contributed by atoms with Gasteiger partial charge in [0, 0.05) is 29.1 Å². The van der Waals surface area contributed by atoms with Crippen molar-refractivity contribution in [3.8, 4) is 23.1 Å². The van der Waals surface area contributed by atoms with Gasteiger partial charge in [0.2, 0.25) is 0 Å². The summed E-state index contributed by atoms with van der Waals surface area (Å²) in [7, 11) is 0. The first-order chi connectivity index (χ1) is 16.0. The number of alkyl halides is 1. The number of carbonyl (C=O) groups excluding carboxylic acids is 1. The van der Waals surface area contributed by atoms with E-state index in [0.29, 0.717) is 29.8 Å². The van der Waals surface area contributed by atoms with Gasteiger partial charge in [0.1, 0.15) is 11.8 Å². The van der Waals surface area contributed by atoms with Crippen LogP contribution in [0.2, 0.25) is 0 Å². The van der Waals surface area contributed by atoms with Gasteiger partial charge in [0.15, 0.2) is 0 Å². The Kier molecular flexibility index (Phi) is 7.10. The molecule has 0 saturated heterocycles. The van der Waals surface area contributed by atoms with Crippen LogP contribution in [0, 0.1) is 11.3 Å². The molecular weight excluding hydrogens is 438 g/mol. The lowest BCUT2D eigenvalue weighted by Gasteiger charge is -2.30. The maximum absolute atomic E-state index is 11.9. The van der Waals surface area contributed by atoms with Crippen LogP contribution >= 0.6 is 11.6 Å². The van der Waals surface area contributed by atoms with Crippen LogP contribution < -0.4 is 10.1 Å². The Bertz CT molecular complexity index is 1170. The van der Waals surface area contributed by atoms with Crippen LogP contribution in [0.25, 0.3) is 22.2 Å². The first kappa shape index (κ1) is 23.0. The second kappa shape index (κ2) is 10.2. The van der Waals surface area contributed by atoms with Crippen molar-refractivity contribution in [2.45, 2.75) is 51.7 Å². The van der Waals surface area contributed by atoms with Crippen molar-refractivity contribution < 1.29 is 14.3 Å². The average molecular weight is 466 g/mol. The minimum absolute atomic E-state index is 0.190. The summed E-state index contributed by atoms with van der Waals surface area (Å²) >= 11 is 5.78. The van der Waals surface area contributed by atoms with E-state index in [1.165, 1.54) is 6.42 Å². The number of nitrogens with zero attached hydrogens (tertiary/aromatic N) is 2. The van der Waals surface area contributed by atoms with Crippen LogP contribution in [-0.2, 0) is 4.74 Å². The number of fused-ring (bicyclic) bond motifs is 1. The monoisotopic (exact) mass is 465 g/mol. The van der Waals surface area contributed by atoms with Crippen molar-refractivity contribution in [2.24, 2.45) is 0 Å². The number of rotatable bonds is 8. The van der Waals surface area contributed by atoms with Crippen LogP contribution in [-0.4, -0.2) is 29.3 Å². The third-order valence-corrected chi connectivity index (χ3v) is 6.09. The second-order valence-corrected chi connectivity index (χ2v) is 8.89. The summed E-state index contributed by atoms with van der Waals surface area (Å²) in [6, 6.07) is 16.2. The standard InChI is InChI=1S/C26H28ClN3O3/c1-17(2)33-26(31)29-19-9-7-18(8-10-19)25-23(16-28)22-12-11-21(32-14-4-13-27)15-24(22)30(25)20-5-3-6-20/h7-12,15,17,20H,3-6,13-14H2,1-2H3,(H,29,31). The summed E-state index contributed by atoms with van der Waals surface area (Å²) in [5.74, 6) is 1.34. The number of ether oxygens (including phenoxy) is 2. The van der Waals surface area contributed by atoms with E-state index in [-0.39, 0.29) is 6.10 Å². The van der Waals surface area contributed by atoms with E-state index in [1.54, 1.807) is 13.8 Å². The van der Waals surface area contributed by atoms with E-state index in [9.17, 15) is 10.1 Å². The Morgan fingerprint density at radius 1 is 1.24 bits per heavy atom. The first-order valence-electron chi connectivity index (χ1n) is 11.4. The molecule has 1 fully saturated rings. The van der Waals surface area contributed by atoms with Gasteiger partial charge in [-0.2, -0.15) is 5.26 Å². The molecule has 172 valence electrons. The lowest BCUT2D eigenvalue weighted by atomic mass is 9.92. The normalized spacial score (nSPS) is 13.5. The van der Waals surface area contributed by atoms with Gasteiger partial charge in [0.05, 0.1) is 29.5 Å². The van der Waals surface area contributed by atoms with Crippen LogP contribution in [0.15, 0.2) is 42.5 Å². The third-order valence-electron chi connectivity index (χ3n) is 5.82. The molecule has 0 radical (unpaired) electrons. The zero-order valence-electron chi connectivity index (χ0n) is 18.9. The van der Waals surface area contributed by atoms with Gasteiger partial charge in [-0.1, -0.05) is 12.1 Å². The summed E-state index contributed by atoms with van der Waals surface area (Å²) < 4.78 is 13.3. The Balaban J connectivity index is 1.73. The highest BCUT2D eigenvalue weighted by molar-refractivity contribution is 6.17. The lowest BCUT2D eigenvalue weighted by molar-refractivity contribution is 0.130. The molecule has 0 aliphatic heterocycles. The van der Waals surface area contributed by atoms with Gasteiger partial charge in [0.25, 0.3) is 0 Å². The Hall–Kier alpha value is -3.17. The van der Waals surface area contributed by atoms with Crippen molar-refractivity contribution in [1.29, 1.82) is 5.26 Å². The van der Waals surface area contributed by atoms with Gasteiger partial charge < -0.3 is 14.0 Å². The molecule has 1 aromatic heterocycles. The van der Waals surface area contributed by atoms with E-state index in [4.69, 9.17) is 21.1 Å².